The van der Waals surface area contributed by atoms with Gasteiger partial charge in [-0.2, -0.15) is 0 Å². The number of aromatic nitrogens is 2. The van der Waals surface area contributed by atoms with Crippen molar-refractivity contribution >= 4 is 11.0 Å². The number of pyridine rings is 1. The van der Waals surface area contributed by atoms with E-state index in [1.165, 1.54) is 12.1 Å². The minimum Gasteiger partial charge on any atom is -0.346 e. The van der Waals surface area contributed by atoms with Crippen LogP contribution >= 0.6 is 0 Å². The lowest BCUT2D eigenvalue weighted by Gasteiger charge is -2.15. The molecule has 5 heteroatoms. The molecule has 0 amide bonds. The van der Waals surface area contributed by atoms with Crippen LogP contribution in [-0.4, -0.2) is 9.97 Å². The first-order valence-electron chi connectivity index (χ1n) is 6.74. The molecule has 0 aliphatic heterocycles. The Bertz CT molecular complexity index is 767. The zero-order chi connectivity index (χ0) is 14.8. The van der Waals surface area contributed by atoms with E-state index in [9.17, 15) is 8.78 Å². The smallest absolute Gasteiger partial charge is 0.137 e. The second-order valence-electron chi connectivity index (χ2n) is 4.98. The number of rotatable bonds is 4. The summed E-state index contributed by atoms with van der Waals surface area (Å²) in [6.07, 6.45) is 3.57. The summed E-state index contributed by atoms with van der Waals surface area (Å²) in [7, 11) is 0. The van der Waals surface area contributed by atoms with Gasteiger partial charge in [-0.05, 0) is 30.7 Å². The summed E-state index contributed by atoms with van der Waals surface area (Å²) in [5.74, 6) is -1.09. The van der Waals surface area contributed by atoms with Gasteiger partial charge in [0, 0.05) is 42.0 Å². The largest absolute Gasteiger partial charge is 0.346 e. The highest BCUT2D eigenvalue weighted by Crippen LogP contribution is 2.20. The first-order valence-corrected chi connectivity index (χ1v) is 6.74. The van der Waals surface area contributed by atoms with Crippen molar-refractivity contribution in [3.63, 3.8) is 0 Å². The fraction of sp³-hybridized carbons (Fsp3) is 0.188. The highest BCUT2D eigenvalue weighted by atomic mass is 19.1. The zero-order valence-corrected chi connectivity index (χ0v) is 11.5. The monoisotopic (exact) mass is 287 g/mol. The molecule has 108 valence electrons. The Kier molecular flexibility index (Phi) is 3.66. The summed E-state index contributed by atoms with van der Waals surface area (Å²) in [5.41, 5.74) is 2.36. The van der Waals surface area contributed by atoms with Gasteiger partial charge in [-0.3, -0.25) is 0 Å². The molecule has 1 aromatic carbocycles. The Labute approximate surface area is 121 Å². The molecule has 1 atom stereocenters. The molecule has 0 aliphatic rings. The molecule has 21 heavy (non-hydrogen) atoms. The average Bonchev–Trinajstić information content (AvgIpc) is 2.93. The van der Waals surface area contributed by atoms with Crippen LogP contribution in [0, 0.1) is 11.6 Å². The van der Waals surface area contributed by atoms with Crippen molar-refractivity contribution < 1.29 is 8.78 Å². The number of benzene rings is 1. The highest BCUT2D eigenvalue weighted by Gasteiger charge is 2.12. The minimum atomic E-state index is -0.563. The van der Waals surface area contributed by atoms with Gasteiger partial charge in [-0.25, -0.2) is 13.8 Å². The first kappa shape index (κ1) is 13.7. The van der Waals surface area contributed by atoms with Gasteiger partial charge >= 0.3 is 0 Å². The third kappa shape index (κ3) is 2.78. The van der Waals surface area contributed by atoms with Crippen molar-refractivity contribution in [3.8, 4) is 0 Å². The lowest BCUT2D eigenvalue weighted by Crippen LogP contribution is -2.19. The summed E-state index contributed by atoms with van der Waals surface area (Å²) in [4.78, 5) is 7.28. The van der Waals surface area contributed by atoms with E-state index in [1.54, 1.807) is 6.20 Å². The van der Waals surface area contributed by atoms with Gasteiger partial charge in [-0.15, -0.1) is 0 Å². The highest BCUT2D eigenvalue weighted by molar-refractivity contribution is 5.79. The molecule has 2 N–H and O–H groups in total. The SMILES string of the molecule is CC(NCc1ccnc2[nH]ccc12)c1ccc(F)cc1F. The summed E-state index contributed by atoms with van der Waals surface area (Å²) >= 11 is 0. The van der Waals surface area contributed by atoms with Crippen LogP contribution in [0.15, 0.2) is 42.7 Å². The predicted molar refractivity (Wildman–Crippen MR) is 77.7 cm³/mol. The second kappa shape index (κ2) is 5.61. The van der Waals surface area contributed by atoms with Crippen molar-refractivity contribution in [3.05, 3.63) is 65.5 Å². The Balaban J connectivity index is 1.76. The van der Waals surface area contributed by atoms with Gasteiger partial charge in [0.2, 0.25) is 0 Å². The van der Waals surface area contributed by atoms with Crippen molar-refractivity contribution in [2.24, 2.45) is 0 Å². The topological polar surface area (TPSA) is 40.7 Å². The maximum atomic E-state index is 13.7. The number of hydrogen-bond acceptors (Lipinski definition) is 2. The lowest BCUT2D eigenvalue weighted by molar-refractivity contribution is 0.518. The molecule has 2 heterocycles. The van der Waals surface area contributed by atoms with Gasteiger partial charge < -0.3 is 10.3 Å². The molecule has 0 fully saturated rings. The van der Waals surface area contributed by atoms with Crippen molar-refractivity contribution in [1.29, 1.82) is 0 Å². The molecular weight excluding hydrogens is 272 g/mol. The third-order valence-corrected chi connectivity index (χ3v) is 3.58. The molecule has 0 aliphatic carbocycles. The van der Waals surface area contributed by atoms with Gasteiger partial charge in [0.25, 0.3) is 0 Å². The standard InChI is InChI=1S/C16H15F2N3/c1-10(13-3-2-12(17)8-15(13)18)21-9-11-4-6-19-16-14(11)5-7-20-16/h2-8,10,21H,9H2,1H3,(H,19,20). The molecule has 2 aromatic heterocycles. The Morgan fingerprint density at radius 3 is 2.90 bits per heavy atom. The Hall–Kier alpha value is -2.27. The van der Waals surface area contributed by atoms with Crippen molar-refractivity contribution in [1.82, 2.24) is 15.3 Å². The number of aromatic amines is 1. The predicted octanol–water partition coefficient (Wildman–Crippen LogP) is 3.69. The van der Waals surface area contributed by atoms with Crippen LogP contribution < -0.4 is 5.32 Å². The maximum absolute atomic E-state index is 13.7. The van der Waals surface area contributed by atoms with E-state index in [0.29, 0.717) is 12.1 Å². The average molecular weight is 287 g/mol. The van der Waals surface area contributed by atoms with E-state index in [1.807, 2.05) is 25.3 Å². The number of halogens is 2. The first-order chi connectivity index (χ1) is 10.1. The maximum Gasteiger partial charge on any atom is 0.137 e. The molecule has 0 bridgehead atoms. The number of nitrogens with zero attached hydrogens (tertiary/aromatic N) is 1. The minimum absolute atomic E-state index is 0.215. The molecule has 0 saturated carbocycles. The van der Waals surface area contributed by atoms with Crippen molar-refractivity contribution in [2.75, 3.05) is 0 Å². The zero-order valence-electron chi connectivity index (χ0n) is 11.5. The molecule has 0 radical (unpaired) electrons. The van der Waals surface area contributed by atoms with Crippen molar-refractivity contribution in [2.45, 2.75) is 19.5 Å². The van der Waals surface area contributed by atoms with E-state index >= 15 is 0 Å². The number of nitrogens with one attached hydrogen (secondary N) is 2. The normalized spacial score (nSPS) is 12.7. The van der Waals surface area contributed by atoms with Crippen LogP contribution in [0.4, 0.5) is 8.78 Å². The molecule has 1 unspecified atom stereocenters. The van der Waals surface area contributed by atoms with Crippen LogP contribution in [0.2, 0.25) is 0 Å². The summed E-state index contributed by atoms with van der Waals surface area (Å²) in [6.45, 7) is 2.43. The number of hydrogen-bond donors (Lipinski definition) is 2. The molecule has 0 saturated heterocycles. The van der Waals surface area contributed by atoms with E-state index in [-0.39, 0.29) is 6.04 Å². The summed E-state index contributed by atoms with van der Waals surface area (Å²) in [6, 6.07) is 7.32. The second-order valence-corrected chi connectivity index (χ2v) is 4.98. The van der Waals surface area contributed by atoms with E-state index < -0.39 is 11.6 Å². The molecule has 3 aromatic rings. The Morgan fingerprint density at radius 2 is 2.10 bits per heavy atom. The van der Waals surface area contributed by atoms with Gasteiger partial charge in [0.05, 0.1) is 0 Å². The van der Waals surface area contributed by atoms with E-state index in [0.717, 1.165) is 22.7 Å². The third-order valence-electron chi connectivity index (χ3n) is 3.58. The number of fused-ring (bicyclic) bond motifs is 1. The fourth-order valence-corrected chi connectivity index (χ4v) is 2.40. The molecule has 3 rings (SSSR count). The molecule has 0 spiro atoms. The van der Waals surface area contributed by atoms with E-state index in [4.69, 9.17) is 0 Å². The van der Waals surface area contributed by atoms with Crippen LogP contribution in [0.25, 0.3) is 11.0 Å². The Morgan fingerprint density at radius 1 is 1.24 bits per heavy atom. The summed E-state index contributed by atoms with van der Waals surface area (Å²) in [5, 5.41) is 4.29. The van der Waals surface area contributed by atoms with Crippen LogP contribution in [0.3, 0.4) is 0 Å². The summed E-state index contributed by atoms with van der Waals surface area (Å²) < 4.78 is 26.7. The quantitative estimate of drug-likeness (QED) is 0.768. The van der Waals surface area contributed by atoms with Crippen LogP contribution in [0.5, 0.6) is 0 Å². The van der Waals surface area contributed by atoms with Gasteiger partial charge in [0.1, 0.15) is 17.3 Å². The number of H-pyrrole nitrogens is 1. The molecule has 3 nitrogen and oxygen atoms in total. The van der Waals surface area contributed by atoms with Crippen LogP contribution in [-0.2, 0) is 6.54 Å². The molecular formula is C16H15F2N3. The van der Waals surface area contributed by atoms with E-state index in [2.05, 4.69) is 15.3 Å². The van der Waals surface area contributed by atoms with Crippen LogP contribution in [0.1, 0.15) is 24.1 Å². The van der Waals surface area contributed by atoms with Gasteiger partial charge in [0.15, 0.2) is 0 Å². The lowest BCUT2D eigenvalue weighted by atomic mass is 10.1. The van der Waals surface area contributed by atoms with Gasteiger partial charge in [-0.1, -0.05) is 6.07 Å². The fourth-order valence-electron chi connectivity index (χ4n) is 2.40.